The van der Waals surface area contributed by atoms with E-state index in [0.29, 0.717) is 10.8 Å². The molecule has 1 aromatic rings. The monoisotopic (exact) mass is 323 g/mol. The lowest BCUT2D eigenvalue weighted by molar-refractivity contribution is 0.390. The van der Waals surface area contributed by atoms with E-state index in [4.69, 9.17) is 4.74 Å². The van der Waals surface area contributed by atoms with E-state index in [1.54, 1.807) is 25.3 Å². The molecule has 1 N–H and O–H groups in total. The zero-order valence-corrected chi connectivity index (χ0v) is 14.3. The molecule has 0 heterocycles. The minimum absolute atomic E-state index is 0.119. The fourth-order valence-corrected chi connectivity index (χ4v) is 5.34. The molecule has 0 unspecified atom stereocenters. The summed E-state index contributed by atoms with van der Waals surface area (Å²) in [7, 11) is -1.84. The van der Waals surface area contributed by atoms with Crippen molar-refractivity contribution in [2.45, 2.75) is 56.4 Å². The number of hydrogen-bond donors (Lipinski definition) is 1. The van der Waals surface area contributed by atoms with Gasteiger partial charge in [0, 0.05) is 6.04 Å². The van der Waals surface area contributed by atoms with Crippen LogP contribution < -0.4 is 9.46 Å². The van der Waals surface area contributed by atoms with Crippen LogP contribution in [0.3, 0.4) is 0 Å². The highest BCUT2D eigenvalue weighted by Crippen LogP contribution is 2.45. The van der Waals surface area contributed by atoms with Crippen LogP contribution in [0.25, 0.3) is 0 Å². The fourth-order valence-electron chi connectivity index (χ4n) is 3.99. The van der Waals surface area contributed by atoms with Crippen LogP contribution in [0.2, 0.25) is 0 Å². The van der Waals surface area contributed by atoms with Gasteiger partial charge in [0.05, 0.1) is 12.0 Å². The van der Waals surface area contributed by atoms with E-state index >= 15 is 0 Å². The van der Waals surface area contributed by atoms with Crippen LogP contribution in [0.15, 0.2) is 23.1 Å². The third-order valence-electron chi connectivity index (χ3n) is 5.18. The first-order chi connectivity index (χ1) is 10.4. The van der Waals surface area contributed by atoms with Gasteiger partial charge in [-0.15, -0.1) is 0 Å². The average molecular weight is 323 g/mol. The van der Waals surface area contributed by atoms with E-state index < -0.39 is 10.0 Å². The predicted molar refractivity (Wildman–Crippen MR) is 86.6 cm³/mol. The number of fused-ring (bicyclic) bond motifs is 2. The molecule has 2 fully saturated rings. The first-order valence-electron chi connectivity index (χ1n) is 8.11. The maximum absolute atomic E-state index is 12.7. The first kappa shape index (κ1) is 15.8. The Morgan fingerprint density at radius 2 is 2.00 bits per heavy atom. The second-order valence-electron chi connectivity index (χ2n) is 6.96. The second kappa shape index (κ2) is 5.85. The van der Waals surface area contributed by atoms with Gasteiger partial charge in [-0.1, -0.05) is 20.3 Å². The van der Waals surface area contributed by atoms with Gasteiger partial charge in [-0.2, -0.15) is 0 Å². The van der Waals surface area contributed by atoms with Crippen molar-refractivity contribution in [3.63, 3.8) is 0 Å². The van der Waals surface area contributed by atoms with Crippen LogP contribution in [0, 0.1) is 11.8 Å². The molecular formula is C17H25NO3S. The molecule has 0 saturated heterocycles. The smallest absolute Gasteiger partial charge is 0.240 e. The summed E-state index contributed by atoms with van der Waals surface area (Å²) >= 11 is 0. The number of rotatable bonds is 5. The van der Waals surface area contributed by atoms with Crippen molar-refractivity contribution in [2.75, 3.05) is 7.11 Å². The minimum atomic E-state index is -3.45. The maximum Gasteiger partial charge on any atom is 0.240 e. The SMILES string of the molecule is COc1ccc(S(=O)(=O)N[C@H]2C[C@H]3CC[C@H]2C3)cc1C(C)C. The van der Waals surface area contributed by atoms with Crippen molar-refractivity contribution in [3.8, 4) is 5.75 Å². The number of methoxy groups -OCH3 is 1. The molecule has 122 valence electrons. The molecule has 5 heteroatoms. The summed E-state index contributed by atoms with van der Waals surface area (Å²) in [5.41, 5.74) is 0.929. The van der Waals surface area contributed by atoms with Crippen molar-refractivity contribution in [1.82, 2.24) is 4.72 Å². The van der Waals surface area contributed by atoms with E-state index in [-0.39, 0.29) is 12.0 Å². The van der Waals surface area contributed by atoms with Crippen LogP contribution in [-0.2, 0) is 10.0 Å². The molecule has 0 spiro atoms. The van der Waals surface area contributed by atoms with Gasteiger partial charge in [-0.05, 0) is 60.8 Å². The Hall–Kier alpha value is -1.07. The van der Waals surface area contributed by atoms with E-state index in [2.05, 4.69) is 4.72 Å². The topological polar surface area (TPSA) is 55.4 Å². The standard InChI is InChI=1S/C17H25NO3S/c1-11(2)15-10-14(6-7-17(15)21-3)22(19,20)18-16-9-12-4-5-13(16)8-12/h6-7,10-13,16,18H,4-5,8-9H2,1-3H3/t12-,13-,16-/m0/s1. The number of sulfonamides is 1. The number of ether oxygens (including phenoxy) is 1. The van der Waals surface area contributed by atoms with Crippen LogP contribution in [0.5, 0.6) is 5.75 Å². The summed E-state index contributed by atoms with van der Waals surface area (Å²) < 4.78 is 33.6. The Bertz CT molecular complexity index is 654. The Morgan fingerprint density at radius 3 is 2.55 bits per heavy atom. The van der Waals surface area contributed by atoms with E-state index in [1.807, 2.05) is 13.8 Å². The molecule has 2 aliphatic rings. The zero-order valence-electron chi connectivity index (χ0n) is 13.5. The van der Waals surface area contributed by atoms with E-state index in [1.165, 1.54) is 12.8 Å². The lowest BCUT2D eigenvalue weighted by Crippen LogP contribution is -2.38. The predicted octanol–water partition coefficient (Wildman–Crippen LogP) is 3.29. The summed E-state index contributed by atoms with van der Waals surface area (Å²) in [6, 6.07) is 5.26. The van der Waals surface area contributed by atoms with Gasteiger partial charge in [0.2, 0.25) is 10.0 Å². The molecule has 2 aliphatic carbocycles. The third-order valence-corrected chi connectivity index (χ3v) is 6.67. The van der Waals surface area contributed by atoms with Crippen molar-refractivity contribution < 1.29 is 13.2 Å². The van der Waals surface area contributed by atoms with Crippen LogP contribution in [-0.4, -0.2) is 21.6 Å². The van der Waals surface area contributed by atoms with Gasteiger partial charge in [-0.3, -0.25) is 0 Å². The second-order valence-corrected chi connectivity index (χ2v) is 8.68. The van der Waals surface area contributed by atoms with Gasteiger partial charge in [0.1, 0.15) is 5.75 Å². The van der Waals surface area contributed by atoms with Crippen LogP contribution in [0.1, 0.15) is 51.0 Å². The van der Waals surface area contributed by atoms with Gasteiger partial charge in [0.15, 0.2) is 0 Å². The quantitative estimate of drug-likeness (QED) is 0.904. The van der Waals surface area contributed by atoms with Gasteiger partial charge in [0.25, 0.3) is 0 Å². The van der Waals surface area contributed by atoms with Crippen LogP contribution in [0.4, 0.5) is 0 Å². The lowest BCUT2D eigenvalue weighted by Gasteiger charge is -2.23. The summed E-state index contributed by atoms with van der Waals surface area (Å²) in [4.78, 5) is 0.347. The highest BCUT2D eigenvalue weighted by Gasteiger charge is 2.41. The Morgan fingerprint density at radius 1 is 1.23 bits per heavy atom. The largest absolute Gasteiger partial charge is 0.496 e. The summed E-state index contributed by atoms with van der Waals surface area (Å²) in [5, 5.41) is 0. The third kappa shape index (κ3) is 2.88. The summed E-state index contributed by atoms with van der Waals surface area (Å²) in [6.45, 7) is 4.08. The van der Waals surface area contributed by atoms with Gasteiger partial charge in [-0.25, -0.2) is 13.1 Å². The highest BCUT2D eigenvalue weighted by atomic mass is 32.2. The molecule has 2 saturated carbocycles. The molecule has 0 radical (unpaired) electrons. The minimum Gasteiger partial charge on any atom is -0.496 e. The van der Waals surface area contributed by atoms with Crippen molar-refractivity contribution in [2.24, 2.45) is 11.8 Å². The maximum atomic E-state index is 12.7. The first-order valence-corrected chi connectivity index (χ1v) is 9.59. The van der Waals surface area contributed by atoms with Crippen molar-refractivity contribution in [1.29, 1.82) is 0 Å². The Kier molecular flexibility index (Phi) is 4.21. The lowest BCUT2D eigenvalue weighted by atomic mass is 9.96. The average Bonchev–Trinajstić information content (AvgIpc) is 3.08. The molecule has 3 atom stereocenters. The van der Waals surface area contributed by atoms with E-state index in [0.717, 1.165) is 30.1 Å². The zero-order chi connectivity index (χ0) is 15.9. The molecule has 1 aromatic carbocycles. The van der Waals surface area contributed by atoms with E-state index in [9.17, 15) is 8.42 Å². The number of nitrogens with one attached hydrogen (secondary N) is 1. The molecule has 4 nitrogen and oxygen atoms in total. The normalized spacial score (nSPS) is 27.5. The summed E-state index contributed by atoms with van der Waals surface area (Å²) in [5.74, 6) is 2.21. The molecule has 0 aliphatic heterocycles. The Labute approximate surface area is 133 Å². The van der Waals surface area contributed by atoms with Crippen LogP contribution >= 0.6 is 0 Å². The molecule has 0 aromatic heterocycles. The van der Waals surface area contributed by atoms with Crippen molar-refractivity contribution in [3.05, 3.63) is 23.8 Å². The number of hydrogen-bond acceptors (Lipinski definition) is 3. The Balaban J connectivity index is 1.84. The summed E-state index contributed by atoms with van der Waals surface area (Å²) in [6.07, 6.45) is 4.62. The molecular weight excluding hydrogens is 298 g/mol. The van der Waals surface area contributed by atoms with Gasteiger partial charge < -0.3 is 4.74 Å². The fraction of sp³-hybridized carbons (Fsp3) is 0.647. The van der Waals surface area contributed by atoms with Crippen molar-refractivity contribution >= 4 is 10.0 Å². The molecule has 3 rings (SSSR count). The molecule has 2 bridgehead atoms. The molecule has 0 amide bonds. The molecule has 22 heavy (non-hydrogen) atoms. The highest BCUT2D eigenvalue weighted by molar-refractivity contribution is 7.89. The van der Waals surface area contributed by atoms with Gasteiger partial charge >= 0.3 is 0 Å². The number of benzene rings is 1.